The third kappa shape index (κ3) is 4.65. The Morgan fingerprint density at radius 3 is 2.56 bits per heavy atom. The molecule has 0 radical (unpaired) electrons. The quantitative estimate of drug-likeness (QED) is 0.311. The van der Waals surface area contributed by atoms with Gasteiger partial charge in [-0.15, -0.1) is 0 Å². The fourth-order valence-corrected chi connectivity index (χ4v) is 4.28. The summed E-state index contributed by atoms with van der Waals surface area (Å²) in [7, 11) is 0. The molecule has 8 heteroatoms. The summed E-state index contributed by atoms with van der Waals surface area (Å²) in [5.41, 5.74) is 4.20. The summed E-state index contributed by atoms with van der Waals surface area (Å²) < 4.78 is 1.64. The standard InChI is InChI=1S/C24H18Cl3N3O2/c1-14-4-2-5-15(10-14)19(24(31)32)12-17-13-22(18-6-3-9-28-23(18)27)30(29-17)21-8-7-16(25)11-20(21)26/h2-11,13,19H,12H2,1H3,(H,31,32). The first kappa shape index (κ1) is 22.3. The number of carboxylic acid groups (broad SMARTS) is 1. The SMILES string of the molecule is Cc1cccc(C(Cc2cc(-c3cccnc3Cl)n(-c3ccc(Cl)cc3Cl)n2)C(=O)O)c1. The molecule has 2 aromatic carbocycles. The summed E-state index contributed by atoms with van der Waals surface area (Å²) in [6.07, 6.45) is 1.79. The number of aryl methyl sites for hydroxylation is 1. The maximum atomic E-state index is 12.1. The van der Waals surface area contributed by atoms with Crippen LogP contribution in [-0.4, -0.2) is 25.8 Å². The van der Waals surface area contributed by atoms with Crippen molar-refractivity contribution in [2.24, 2.45) is 0 Å². The number of halogens is 3. The maximum Gasteiger partial charge on any atom is 0.311 e. The summed E-state index contributed by atoms with van der Waals surface area (Å²) in [5.74, 6) is -1.67. The molecule has 0 amide bonds. The molecule has 1 unspecified atom stereocenters. The fraction of sp³-hybridized carbons (Fsp3) is 0.125. The van der Waals surface area contributed by atoms with E-state index in [1.807, 2.05) is 43.3 Å². The van der Waals surface area contributed by atoms with Crippen LogP contribution in [0.4, 0.5) is 0 Å². The van der Waals surface area contributed by atoms with Crippen LogP contribution in [-0.2, 0) is 11.2 Å². The van der Waals surface area contributed by atoms with Crippen LogP contribution >= 0.6 is 34.8 Å². The lowest BCUT2D eigenvalue weighted by Crippen LogP contribution is -2.15. The highest BCUT2D eigenvalue weighted by Gasteiger charge is 2.24. The van der Waals surface area contributed by atoms with E-state index in [2.05, 4.69) is 4.98 Å². The number of benzene rings is 2. The van der Waals surface area contributed by atoms with E-state index in [0.717, 1.165) is 11.1 Å². The molecule has 0 fully saturated rings. The second-order valence-corrected chi connectivity index (χ2v) is 8.58. The molecule has 1 N–H and O–H groups in total. The molecule has 0 aliphatic heterocycles. The maximum absolute atomic E-state index is 12.1. The molecule has 2 heterocycles. The van der Waals surface area contributed by atoms with Crippen molar-refractivity contribution in [3.63, 3.8) is 0 Å². The van der Waals surface area contributed by atoms with E-state index >= 15 is 0 Å². The molecule has 0 saturated heterocycles. The van der Waals surface area contributed by atoms with Crippen LogP contribution in [0.3, 0.4) is 0 Å². The van der Waals surface area contributed by atoms with Gasteiger partial charge < -0.3 is 5.11 Å². The third-order valence-electron chi connectivity index (χ3n) is 5.09. The molecule has 5 nitrogen and oxygen atoms in total. The first-order valence-corrected chi connectivity index (χ1v) is 10.9. The number of carboxylic acids is 1. The predicted octanol–water partition coefficient (Wildman–Crippen LogP) is 6.61. The van der Waals surface area contributed by atoms with Crippen molar-refractivity contribution in [2.75, 3.05) is 0 Å². The van der Waals surface area contributed by atoms with Crippen molar-refractivity contribution in [1.82, 2.24) is 14.8 Å². The zero-order chi connectivity index (χ0) is 22.8. The molecule has 4 aromatic rings. The van der Waals surface area contributed by atoms with Gasteiger partial charge in [0.25, 0.3) is 0 Å². The second-order valence-electron chi connectivity index (χ2n) is 7.38. The van der Waals surface area contributed by atoms with Crippen molar-refractivity contribution in [3.05, 3.63) is 98.9 Å². The van der Waals surface area contributed by atoms with E-state index in [-0.39, 0.29) is 6.42 Å². The fourth-order valence-electron chi connectivity index (χ4n) is 3.58. The Morgan fingerprint density at radius 2 is 1.88 bits per heavy atom. The number of aliphatic carboxylic acids is 1. The number of nitrogens with zero attached hydrogens (tertiary/aromatic N) is 3. The summed E-state index contributed by atoms with van der Waals surface area (Å²) >= 11 is 18.9. The van der Waals surface area contributed by atoms with Crippen LogP contribution in [0, 0.1) is 6.92 Å². The first-order valence-electron chi connectivity index (χ1n) is 9.78. The van der Waals surface area contributed by atoms with Crippen LogP contribution in [0.5, 0.6) is 0 Å². The van der Waals surface area contributed by atoms with Crippen molar-refractivity contribution in [2.45, 2.75) is 19.3 Å². The Balaban J connectivity index is 1.83. The van der Waals surface area contributed by atoms with Gasteiger partial charge in [-0.05, 0) is 48.9 Å². The molecule has 0 saturated carbocycles. The average Bonchev–Trinajstić information content (AvgIpc) is 3.15. The lowest BCUT2D eigenvalue weighted by molar-refractivity contribution is -0.138. The minimum atomic E-state index is -0.921. The van der Waals surface area contributed by atoms with Crippen molar-refractivity contribution in [1.29, 1.82) is 0 Å². The van der Waals surface area contributed by atoms with E-state index in [1.165, 1.54) is 0 Å². The first-order chi connectivity index (χ1) is 15.3. The number of aromatic nitrogens is 3. The van der Waals surface area contributed by atoms with E-state index in [9.17, 15) is 9.90 Å². The Morgan fingerprint density at radius 1 is 1.06 bits per heavy atom. The number of rotatable bonds is 6. The minimum Gasteiger partial charge on any atom is -0.481 e. The van der Waals surface area contributed by atoms with Gasteiger partial charge in [-0.3, -0.25) is 4.79 Å². The van der Waals surface area contributed by atoms with E-state index in [0.29, 0.717) is 37.8 Å². The number of carbonyl (C=O) groups is 1. The molecule has 0 aliphatic carbocycles. The lowest BCUT2D eigenvalue weighted by Gasteiger charge is -2.12. The Labute approximate surface area is 200 Å². The van der Waals surface area contributed by atoms with Gasteiger partial charge >= 0.3 is 5.97 Å². The van der Waals surface area contributed by atoms with Crippen molar-refractivity contribution >= 4 is 40.8 Å². The van der Waals surface area contributed by atoms with E-state index in [1.54, 1.807) is 35.1 Å². The van der Waals surface area contributed by atoms with Gasteiger partial charge in [-0.2, -0.15) is 5.10 Å². The summed E-state index contributed by atoms with van der Waals surface area (Å²) in [6, 6.07) is 18.0. The smallest absolute Gasteiger partial charge is 0.311 e. The van der Waals surface area contributed by atoms with Crippen LogP contribution in [0.2, 0.25) is 15.2 Å². The van der Waals surface area contributed by atoms with Crippen LogP contribution in [0.25, 0.3) is 16.9 Å². The van der Waals surface area contributed by atoms with Crippen LogP contribution in [0.1, 0.15) is 22.7 Å². The van der Waals surface area contributed by atoms with Gasteiger partial charge in [0.05, 0.1) is 28.0 Å². The predicted molar refractivity (Wildman–Crippen MR) is 127 cm³/mol. The molecule has 162 valence electrons. The Bertz CT molecular complexity index is 1300. The van der Waals surface area contributed by atoms with Crippen molar-refractivity contribution < 1.29 is 9.90 Å². The van der Waals surface area contributed by atoms with E-state index in [4.69, 9.17) is 39.9 Å². The van der Waals surface area contributed by atoms with Crippen molar-refractivity contribution in [3.8, 4) is 16.9 Å². The number of pyridine rings is 1. The number of hydrogen-bond acceptors (Lipinski definition) is 3. The largest absolute Gasteiger partial charge is 0.481 e. The topological polar surface area (TPSA) is 68.0 Å². The molecule has 0 spiro atoms. The Hall–Kier alpha value is -2.86. The van der Waals surface area contributed by atoms with Gasteiger partial charge in [-0.25, -0.2) is 9.67 Å². The molecule has 4 rings (SSSR count). The van der Waals surface area contributed by atoms with E-state index < -0.39 is 11.9 Å². The van der Waals surface area contributed by atoms with Crippen LogP contribution in [0.15, 0.2) is 66.9 Å². The molecular weight excluding hydrogens is 469 g/mol. The zero-order valence-electron chi connectivity index (χ0n) is 17.0. The molecule has 1 atom stereocenters. The van der Waals surface area contributed by atoms with Gasteiger partial charge in [0.1, 0.15) is 5.15 Å². The highest BCUT2D eigenvalue weighted by atomic mass is 35.5. The normalized spacial score (nSPS) is 12.0. The monoisotopic (exact) mass is 485 g/mol. The molecule has 0 bridgehead atoms. The molecule has 32 heavy (non-hydrogen) atoms. The third-order valence-corrected chi connectivity index (χ3v) is 5.93. The highest BCUT2D eigenvalue weighted by molar-refractivity contribution is 6.35. The van der Waals surface area contributed by atoms with Gasteiger partial charge in [-0.1, -0.05) is 64.6 Å². The molecule has 2 aromatic heterocycles. The highest BCUT2D eigenvalue weighted by Crippen LogP contribution is 2.33. The van der Waals surface area contributed by atoms with Crippen LogP contribution < -0.4 is 0 Å². The minimum absolute atomic E-state index is 0.196. The number of hydrogen-bond donors (Lipinski definition) is 1. The lowest BCUT2D eigenvalue weighted by atomic mass is 9.93. The molecular formula is C24H18Cl3N3O2. The summed E-state index contributed by atoms with van der Waals surface area (Å²) in [5, 5.41) is 15.8. The zero-order valence-corrected chi connectivity index (χ0v) is 19.2. The molecule has 0 aliphatic rings. The van der Waals surface area contributed by atoms with Gasteiger partial charge in [0.15, 0.2) is 0 Å². The average molecular weight is 487 g/mol. The Kier molecular flexibility index (Phi) is 6.51. The summed E-state index contributed by atoms with van der Waals surface area (Å²) in [4.78, 5) is 16.3. The van der Waals surface area contributed by atoms with Gasteiger partial charge in [0.2, 0.25) is 0 Å². The van der Waals surface area contributed by atoms with Gasteiger partial charge in [0, 0.05) is 23.2 Å². The summed E-state index contributed by atoms with van der Waals surface area (Å²) in [6.45, 7) is 1.93. The second kappa shape index (κ2) is 9.33.